The first kappa shape index (κ1) is 17.6. The van der Waals surface area contributed by atoms with Crippen LogP contribution in [-0.4, -0.2) is 25.9 Å². The summed E-state index contributed by atoms with van der Waals surface area (Å²) in [5, 5.41) is 12.0. The third-order valence-electron chi connectivity index (χ3n) is 5.56. The molecular formula is C23H20N4O2. The molecule has 1 unspecified atom stereocenters. The summed E-state index contributed by atoms with van der Waals surface area (Å²) in [6.07, 6.45) is 1.61. The number of benzene rings is 3. The molecule has 1 aromatic heterocycles. The Labute approximate surface area is 167 Å². The molecule has 29 heavy (non-hydrogen) atoms. The van der Waals surface area contributed by atoms with Crippen LogP contribution >= 0.6 is 0 Å². The molecule has 0 fully saturated rings. The Balaban J connectivity index is 1.66. The van der Waals surface area contributed by atoms with Gasteiger partial charge in [-0.25, -0.2) is 4.98 Å². The molecule has 6 heteroatoms. The topological polar surface area (TPSA) is 95.2 Å². The van der Waals surface area contributed by atoms with Gasteiger partial charge < -0.3 is 15.8 Å². The largest absolute Gasteiger partial charge is 0.363 e. The molecule has 6 nitrogen and oxygen atoms in total. The number of aromatic nitrogens is 2. The van der Waals surface area contributed by atoms with Crippen molar-refractivity contribution in [1.82, 2.24) is 14.9 Å². The lowest BCUT2D eigenvalue weighted by atomic mass is 9.93. The number of imidazole rings is 1. The zero-order chi connectivity index (χ0) is 20.0. The molecule has 0 spiro atoms. The van der Waals surface area contributed by atoms with Gasteiger partial charge in [0.25, 0.3) is 5.91 Å². The smallest absolute Gasteiger partial charge is 0.257 e. The second kappa shape index (κ2) is 6.55. The second-order valence-corrected chi connectivity index (χ2v) is 7.27. The van der Waals surface area contributed by atoms with E-state index in [-0.39, 0.29) is 12.5 Å². The van der Waals surface area contributed by atoms with Gasteiger partial charge in [0, 0.05) is 29.8 Å². The first-order chi connectivity index (χ1) is 14.1. The van der Waals surface area contributed by atoms with Crippen LogP contribution in [0.25, 0.3) is 11.0 Å². The number of carbonyl (C=O) groups excluding carboxylic acids is 1. The van der Waals surface area contributed by atoms with Crippen molar-refractivity contribution in [2.45, 2.75) is 18.8 Å². The van der Waals surface area contributed by atoms with E-state index in [2.05, 4.69) is 9.97 Å². The van der Waals surface area contributed by atoms with Crippen LogP contribution in [-0.2, 0) is 18.8 Å². The van der Waals surface area contributed by atoms with Gasteiger partial charge >= 0.3 is 0 Å². The number of rotatable bonds is 4. The molecule has 0 aliphatic carbocycles. The maximum atomic E-state index is 13.3. The molecule has 4 N–H and O–H groups in total. The van der Waals surface area contributed by atoms with Crippen LogP contribution < -0.4 is 5.73 Å². The molecule has 5 rings (SSSR count). The number of aliphatic hydroxyl groups is 1. The fourth-order valence-corrected chi connectivity index (χ4v) is 4.10. The standard InChI is InChI=1S/C23H20N4O2/c24-12-15-4-3-5-16(10-15)13-27-22(28)18-6-1-2-7-19(18)23(27,29)17-8-9-20-21(11-17)26-14-25-20/h1-11,14,29H,12-13,24H2,(H,25,26). The van der Waals surface area contributed by atoms with Gasteiger partial charge in [-0.15, -0.1) is 0 Å². The van der Waals surface area contributed by atoms with Crippen LogP contribution in [0.15, 0.2) is 73.1 Å². The lowest BCUT2D eigenvalue weighted by molar-refractivity contribution is -0.0542. The van der Waals surface area contributed by atoms with Gasteiger partial charge in [0.2, 0.25) is 0 Å². The molecule has 2 heterocycles. The highest BCUT2D eigenvalue weighted by Gasteiger charge is 2.49. The molecule has 4 aromatic rings. The number of nitrogens with zero attached hydrogens (tertiary/aromatic N) is 2. The monoisotopic (exact) mass is 384 g/mol. The normalized spacial score (nSPS) is 18.4. The Kier molecular flexibility index (Phi) is 3.97. The van der Waals surface area contributed by atoms with E-state index in [0.29, 0.717) is 23.2 Å². The minimum absolute atomic E-state index is 0.203. The molecule has 0 bridgehead atoms. The number of nitrogens with two attached hydrogens (primary N) is 1. The predicted molar refractivity (Wildman–Crippen MR) is 110 cm³/mol. The number of H-pyrrole nitrogens is 1. The minimum Gasteiger partial charge on any atom is -0.363 e. The maximum Gasteiger partial charge on any atom is 0.257 e. The Morgan fingerprint density at radius 1 is 1.03 bits per heavy atom. The Morgan fingerprint density at radius 2 is 1.86 bits per heavy atom. The number of fused-ring (bicyclic) bond motifs is 2. The molecule has 0 saturated carbocycles. The Morgan fingerprint density at radius 3 is 2.72 bits per heavy atom. The summed E-state index contributed by atoms with van der Waals surface area (Å²) in [6.45, 7) is 0.682. The van der Waals surface area contributed by atoms with Gasteiger partial charge in [0.05, 0.1) is 17.4 Å². The summed E-state index contributed by atoms with van der Waals surface area (Å²) in [6, 6.07) is 20.5. The van der Waals surface area contributed by atoms with Crippen LogP contribution in [0.1, 0.15) is 32.6 Å². The molecule has 144 valence electrons. The second-order valence-electron chi connectivity index (χ2n) is 7.27. The van der Waals surface area contributed by atoms with E-state index < -0.39 is 5.72 Å². The van der Waals surface area contributed by atoms with Gasteiger partial charge in [-0.3, -0.25) is 9.69 Å². The van der Waals surface area contributed by atoms with Crippen molar-refractivity contribution >= 4 is 16.9 Å². The summed E-state index contributed by atoms with van der Waals surface area (Å²) in [7, 11) is 0. The van der Waals surface area contributed by atoms with Crippen molar-refractivity contribution < 1.29 is 9.90 Å². The lowest BCUT2D eigenvalue weighted by Crippen LogP contribution is -2.44. The lowest BCUT2D eigenvalue weighted by Gasteiger charge is -2.35. The summed E-state index contributed by atoms with van der Waals surface area (Å²) < 4.78 is 0. The van der Waals surface area contributed by atoms with E-state index in [1.165, 1.54) is 4.90 Å². The summed E-state index contributed by atoms with van der Waals surface area (Å²) in [5.74, 6) is -0.203. The minimum atomic E-state index is -1.58. The van der Waals surface area contributed by atoms with Crippen LogP contribution in [0, 0.1) is 0 Å². The van der Waals surface area contributed by atoms with Crippen molar-refractivity contribution in [2.75, 3.05) is 0 Å². The fourth-order valence-electron chi connectivity index (χ4n) is 4.10. The van der Waals surface area contributed by atoms with Crippen LogP contribution in [0.2, 0.25) is 0 Å². The molecule has 3 aromatic carbocycles. The van der Waals surface area contributed by atoms with Gasteiger partial charge in [-0.2, -0.15) is 0 Å². The molecule has 1 amide bonds. The van der Waals surface area contributed by atoms with Gasteiger partial charge in [0.15, 0.2) is 5.72 Å². The molecule has 0 saturated heterocycles. The molecule has 1 aliphatic rings. The zero-order valence-electron chi connectivity index (χ0n) is 15.7. The SMILES string of the molecule is NCc1cccc(CN2C(=O)c3ccccc3C2(O)c2ccc3nc[nH]c3c2)c1. The van der Waals surface area contributed by atoms with E-state index in [9.17, 15) is 9.90 Å². The van der Waals surface area contributed by atoms with Crippen molar-refractivity contribution in [3.05, 3.63) is 101 Å². The van der Waals surface area contributed by atoms with Gasteiger partial charge in [0.1, 0.15) is 0 Å². The van der Waals surface area contributed by atoms with Crippen LogP contribution in [0.4, 0.5) is 0 Å². The van der Waals surface area contributed by atoms with Crippen molar-refractivity contribution in [3.8, 4) is 0 Å². The molecule has 0 radical (unpaired) electrons. The third kappa shape index (κ3) is 2.65. The van der Waals surface area contributed by atoms with Gasteiger partial charge in [-0.1, -0.05) is 48.5 Å². The Bertz CT molecular complexity index is 1230. The van der Waals surface area contributed by atoms with Crippen molar-refractivity contribution in [2.24, 2.45) is 5.73 Å². The van der Waals surface area contributed by atoms with Crippen molar-refractivity contribution in [3.63, 3.8) is 0 Å². The first-order valence-electron chi connectivity index (χ1n) is 9.46. The van der Waals surface area contributed by atoms with Crippen LogP contribution in [0.5, 0.6) is 0 Å². The average molecular weight is 384 g/mol. The number of amides is 1. The number of carbonyl (C=O) groups is 1. The molecule has 1 atom stereocenters. The van der Waals surface area contributed by atoms with Crippen molar-refractivity contribution in [1.29, 1.82) is 0 Å². The summed E-state index contributed by atoms with van der Waals surface area (Å²) >= 11 is 0. The fraction of sp³-hybridized carbons (Fsp3) is 0.130. The predicted octanol–water partition coefficient (Wildman–Crippen LogP) is 2.87. The highest BCUT2D eigenvalue weighted by molar-refractivity contribution is 6.00. The first-order valence-corrected chi connectivity index (χ1v) is 9.46. The number of hydrogen-bond acceptors (Lipinski definition) is 4. The number of nitrogens with one attached hydrogen (secondary N) is 1. The number of hydrogen-bond donors (Lipinski definition) is 3. The van der Waals surface area contributed by atoms with E-state index in [1.54, 1.807) is 18.5 Å². The Hall–Kier alpha value is -3.48. The highest BCUT2D eigenvalue weighted by Crippen LogP contribution is 2.43. The zero-order valence-corrected chi connectivity index (χ0v) is 15.7. The quantitative estimate of drug-likeness (QED) is 0.504. The van der Waals surface area contributed by atoms with E-state index >= 15 is 0 Å². The van der Waals surface area contributed by atoms with E-state index in [0.717, 1.165) is 22.2 Å². The highest BCUT2D eigenvalue weighted by atomic mass is 16.3. The maximum absolute atomic E-state index is 13.3. The van der Waals surface area contributed by atoms with E-state index in [1.807, 2.05) is 54.6 Å². The average Bonchev–Trinajstić information content (AvgIpc) is 3.31. The summed E-state index contributed by atoms with van der Waals surface area (Å²) in [4.78, 5) is 22.1. The van der Waals surface area contributed by atoms with E-state index in [4.69, 9.17) is 5.73 Å². The molecule has 1 aliphatic heterocycles. The molecular weight excluding hydrogens is 364 g/mol. The van der Waals surface area contributed by atoms with Gasteiger partial charge in [-0.05, 0) is 29.3 Å². The number of aromatic amines is 1. The van der Waals surface area contributed by atoms with Crippen LogP contribution in [0.3, 0.4) is 0 Å². The third-order valence-corrected chi connectivity index (χ3v) is 5.56. The summed E-state index contributed by atoms with van der Waals surface area (Å²) in [5.41, 5.74) is 9.40.